The highest BCUT2D eigenvalue weighted by Gasteiger charge is 2.59. The molecule has 0 heterocycles. The summed E-state index contributed by atoms with van der Waals surface area (Å²) in [5, 5.41) is 0. The molecule has 0 aromatic carbocycles. The van der Waals surface area contributed by atoms with Crippen molar-refractivity contribution in [3.8, 4) is 0 Å². The van der Waals surface area contributed by atoms with Crippen LogP contribution < -0.4 is 0 Å². The summed E-state index contributed by atoms with van der Waals surface area (Å²) in [7, 11) is 0. The number of unbranched alkanes of at least 4 members (excludes halogenated alkanes) is 3. The molecule has 195 valence electrons. The van der Waals surface area contributed by atoms with Gasteiger partial charge in [-0.25, -0.2) is 0 Å². The minimum atomic E-state index is 0.457. The lowest BCUT2D eigenvalue weighted by molar-refractivity contribution is -0.0641. The predicted molar refractivity (Wildman–Crippen MR) is 147 cm³/mol. The van der Waals surface area contributed by atoms with E-state index < -0.39 is 0 Å². The molecule has 0 aromatic heterocycles. The smallest absolute Gasteiger partial charge is 0.0612 e. The SMILES string of the molecule is [CH2]CCCCCO[C@H]1CC[C@@]2(C)C(=CCC3C2CC[C@@]2(C)C3CC[C@@H]2[C@H](C)CCCC(C)C)C1. The van der Waals surface area contributed by atoms with Gasteiger partial charge in [0.2, 0.25) is 0 Å². The summed E-state index contributed by atoms with van der Waals surface area (Å²) >= 11 is 0. The fourth-order valence-corrected chi connectivity index (χ4v) is 9.50. The van der Waals surface area contributed by atoms with Crippen LogP contribution in [0.25, 0.3) is 0 Å². The van der Waals surface area contributed by atoms with E-state index in [0.717, 1.165) is 48.5 Å². The maximum Gasteiger partial charge on any atom is 0.0612 e. The first-order valence-corrected chi connectivity index (χ1v) is 15.4. The molecule has 4 aliphatic carbocycles. The topological polar surface area (TPSA) is 9.23 Å². The number of hydrogen-bond acceptors (Lipinski definition) is 1. The van der Waals surface area contributed by atoms with Crippen LogP contribution in [0.2, 0.25) is 0 Å². The Morgan fingerprint density at radius 1 is 0.941 bits per heavy atom. The van der Waals surface area contributed by atoms with E-state index in [2.05, 4.69) is 47.6 Å². The van der Waals surface area contributed by atoms with Crippen molar-refractivity contribution in [1.29, 1.82) is 0 Å². The van der Waals surface area contributed by atoms with Gasteiger partial charge in [-0.15, -0.1) is 0 Å². The summed E-state index contributed by atoms with van der Waals surface area (Å²) in [5.74, 6) is 5.59. The standard InChI is InChI=1S/C33H57O/c1-7-8-9-10-22-34-27-18-20-32(5)26(23-27)14-15-28-30-17-16-29(25(4)13-11-12-24(2)3)33(30,6)21-19-31(28)32/h14,24-25,27-31H,1,7-13,15-23H2,2-6H3/t25-,27+,28?,29-,30?,31?,32+,33-/m1/s1. The van der Waals surface area contributed by atoms with Gasteiger partial charge in [-0.05, 0) is 104 Å². The molecule has 3 fully saturated rings. The summed E-state index contributed by atoms with van der Waals surface area (Å²) in [6, 6.07) is 0. The summed E-state index contributed by atoms with van der Waals surface area (Å²) in [4.78, 5) is 0. The number of hydrogen-bond donors (Lipinski definition) is 0. The average Bonchev–Trinajstić information content (AvgIpc) is 3.16. The molecule has 4 aliphatic rings. The van der Waals surface area contributed by atoms with Gasteiger partial charge in [0.25, 0.3) is 0 Å². The zero-order valence-electron chi connectivity index (χ0n) is 23.5. The van der Waals surface area contributed by atoms with Gasteiger partial charge in [0, 0.05) is 6.61 Å². The van der Waals surface area contributed by atoms with Crippen LogP contribution in [0.4, 0.5) is 0 Å². The molecule has 0 bridgehead atoms. The van der Waals surface area contributed by atoms with Crippen LogP contribution in [0.15, 0.2) is 11.6 Å². The van der Waals surface area contributed by atoms with Crippen molar-refractivity contribution in [2.75, 3.05) is 6.61 Å². The summed E-state index contributed by atoms with van der Waals surface area (Å²) in [6.07, 6.45) is 23.5. The monoisotopic (exact) mass is 469 g/mol. The number of ether oxygens (including phenoxy) is 1. The van der Waals surface area contributed by atoms with Gasteiger partial charge in [-0.3, -0.25) is 0 Å². The molecule has 0 amide bonds. The zero-order chi connectivity index (χ0) is 24.3. The molecule has 1 nitrogen and oxygen atoms in total. The van der Waals surface area contributed by atoms with E-state index in [1.165, 1.54) is 89.9 Å². The van der Waals surface area contributed by atoms with Crippen LogP contribution >= 0.6 is 0 Å². The molecule has 34 heavy (non-hydrogen) atoms. The second kappa shape index (κ2) is 11.4. The van der Waals surface area contributed by atoms with E-state index in [-0.39, 0.29) is 0 Å². The Kier molecular flexibility index (Phi) is 8.97. The fourth-order valence-electron chi connectivity index (χ4n) is 9.50. The van der Waals surface area contributed by atoms with E-state index in [4.69, 9.17) is 4.74 Å². The molecular formula is C33H57O. The highest BCUT2D eigenvalue weighted by molar-refractivity contribution is 5.25. The molecular weight excluding hydrogens is 412 g/mol. The zero-order valence-corrected chi connectivity index (χ0v) is 23.5. The second-order valence-corrected chi connectivity index (χ2v) is 13.9. The molecule has 0 spiro atoms. The average molecular weight is 470 g/mol. The Hall–Kier alpha value is -0.300. The van der Waals surface area contributed by atoms with Crippen LogP contribution in [0.1, 0.15) is 131 Å². The van der Waals surface area contributed by atoms with E-state index in [9.17, 15) is 0 Å². The second-order valence-electron chi connectivity index (χ2n) is 13.9. The van der Waals surface area contributed by atoms with Crippen molar-refractivity contribution in [1.82, 2.24) is 0 Å². The van der Waals surface area contributed by atoms with E-state index >= 15 is 0 Å². The van der Waals surface area contributed by atoms with Crippen LogP contribution in [-0.4, -0.2) is 12.7 Å². The third-order valence-corrected chi connectivity index (χ3v) is 11.5. The molecule has 8 atom stereocenters. The lowest BCUT2D eigenvalue weighted by Crippen LogP contribution is -2.51. The maximum absolute atomic E-state index is 6.37. The fraction of sp³-hybridized carbons (Fsp3) is 0.909. The lowest BCUT2D eigenvalue weighted by Gasteiger charge is -2.58. The van der Waals surface area contributed by atoms with Gasteiger partial charge in [0.15, 0.2) is 0 Å². The first-order chi connectivity index (χ1) is 16.3. The van der Waals surface area contributed by atoms with Crippen LogP contribution in [0.5, 0.6) is 0 Å². The van der Waals surface area contributed by atoms with Crippen LogP contribution in [0, 0.1) is 53.3 Å². The van der Waals surface area contributed by atoms with Crippen molar-refractivity contribution >= 4 is 0 Å². The molecule has 0 aliphatic heterocycles. The largest absolute Gasteiger partial charge is 0.378 e. The summed E-state index contributed by atoms with van der Waals surface area (Å²) in [6.45, 7) is 17.7. The van der Waals surface area contributed by atoms with Gasteiger partial charge in [-0.1, -0.05) is 91.7 Å². The Balaban J connectivity index is 1.37. The number of rotatable bonds is 11. The molecule has 0 aromatic rings. The highest BCUT2D eigenvalue weighted by Crippen LogP contribution is 2.67. The Labute approximate surface area is 213 Å². The van der Waals surface area contributed by atoms with Crippen LogP contribution in [0.3, 0.4) is 0 Å². The molecule has 3 unspecified atom stereocenters. The molecule has 0 N–H and O–H groups in total. The third kappa shape index (κ3) is 5.35. The molecule has 1 radical (unpaired) electrons. The molecule has 4 rings (SSSR count). The normalized spacial score (nSPS) is 40.4. The van der Waals surface area contributed by atoms with Crippen molar-refractivity contribution in [2.24, 2.45) is 46.3 Å². The van der Waals surface area contributed by atoms with Crippen molar-refractivity contribution in [2.45, 2.75) is 137 Å². The van der Waals surface area contributed by atoms with E-state index in [1.807, 2.05) is 0 Å². The minimum absolute atomic E-state index is 0.457. The Bertz CT molecular complexity index is 678. The summed E-state index contributed by atoms with van der Waals surface area (Å²) in [5.41, 5.74) is 2.84. The lowest BCUT2D eigenvalue weighted by atomic mass is 9.47. The first kappa shape index (κ1) is 26.8. The van der Waals surface area contributed by atoms with Gasteiger partial charge in [-0.2, -0.15) is 0 Å². The highest BCUT2D eigenvalue weighted by atomic mass is 16.5. The molecule has 0 saturated heterocycles. The number of allylic oxidation sites excluding steroid dienone is 1. The maximum atomic E-state index is 6.37. The number of fused-ring (bicyclic) bond motifs is 5. The Morgan fingerprint density at radius 3 is 2.53 bits per heavy atom. The van der Waals surface area contributed by atoms with Gasteiger partial charge in [0.1, 0.15) is 0 Å². The third-order valence-electron chi connectivity index (χ3n) is 11.5. The van der Waals surface area contributed by atoms with Crippen molar-refractivity contribution < 1.29 is 4.74 Å². The minimum Gasteiger partial charge on any atom is -0.378 e. The molecule has 1 heteroatoms. The predicted octanol–water partition coefficient (Wildman–Crippen LogP) is 9.81. The summed E-state index contributed by atoms with van der Waals surface area (Å²) < 4.78 is 6.37. The van der Waals surface area contributed by atoms with E-state index in [0.29, 0.717) is 16.9 Å². The van der Waals surface area contributed by atoms with E-state index in [1.54, 1.807) is 5.57 Å². The van der Waals surface area contributed by atoms with Gasteiger partial charge in [0.05, 0.1) is 6.10 Å². The van der Waals surface area contributed by atoms with Gasteiger partial charge >= 0.3 is 0 Å². The Morgan fingerprint density at radius 2 is 1.76 bits per heavy atom. The molecule has 3 saturated carbocycles. The quantitative estimate of drug-likeness (QED) is 0.216. The first-order valence-electron chi connectivity index (χ1n) is 15.4. The van der Waals surface area contributed by atoms with Crippen molar-refractivity contribution in [3.63, 3.8) is 0 Å². The van der Waals surface area contributed by atoms with Gasteiger partial charge < -0.3 is 4.74 Å². The van der Waals surface area contributed by atoms with Crippen LogP contribution in [-0.2, 0) is 4.74 Å². The van der Waals surface area contributed by atoms with Crippen molar-refractivity contribution in [3.05, 3.63) is 18.6 Å².